The first kappa shape index (κ1) is 12.1. The van der Waals surface area contributed by atoms with Gasteiger partial charge in [-0.25, -0.2) is 4.98 Å². The number of aryl methyl sites for hydroxylation is 2. The summed E-state index contributed by atoms with van der Waals surface area (Å²) < 4.78 is 2.24. The van der Waals surface area contributed by atoms with Crippen LogP contribution in [-0.4, -0.2) is 16.1 Å². The number of nitrogens with two attached hydrogens (primary N) is 1. The van der Waals surface area contributed by atoms with Gasteiger partial charge >= 0.3 is 0 Å². The largest absolute Gasteiger partial charge is 0.330 e. The Labute approximate surface area is 103 Å². The molecule has 1 atom stereocenters. The summed E-state index contributed by atoms with van der Waals surface area (Å²) in [5, 5.41) is 0. The van der Waals surface area contributed by atoms with Crippen LogP contribution in [0.4, 0.5) is 0 Å². The van der Waals surface area contributed by atoms with Crippen molar-refractivity contribution in [1.29, 1.82) is 0 Å². The maximum absolute atomic E-state index is 5.61. The highest BCUT2D eigenvalue weighted by Crippen LogP contribution is 2.24. The van der Waals surface area contributed by atoms with Crippen LogP contribution >= 0.6 is 0 Å². The van der Waals surface area contributed by atoms with Crippen molar-refractivity contribution in [3.8, 4) is 0 Å². The number of nitrogens with zero attached hydrogens (tertiary/aromatic N) is 2. The van der Waals surface area contributed by atoms with Crippen molar-refractivity contribution < 1.29 is 0 Å². The standard InChI is InChI=1S/C14H21N3/c1-4-17-11(3)16-13-9-12(5-6-14(13)17)10(2)7-8-15/h5-6,9-10H,4,7-8,15H2,1-3H3. The second-order valence-electron chi connectivity index (χ2n) is 4.63. The number of hydrogen-bond donors (Lipinski definition) is 1. The van der Waals surface area contributed by atoms with Crippen LogP contribution in [-0.2, 0) is 6.54 Å². The lowest BCUT2D eigenvalue weighted by atomic mass is 9.97. The van der Waals surface area contributed by atoms with Crippen molar-refractivity contribution in [3.63, 3.8) is 0 Å². The zero-order chi connectivity index (χ0) is 12.4. The molecule has 1 heterocycles. The Kier molecular flexibility index (Phi) is 3.48. The van der Waals surface area contributed by atoms with E-state index in [1.54, 1.807) is 0 Å². The second-order valence-corrected chi connectivity index (χ2v) is 4.63. The third-order valence-electron chi connectivity index (χ3n) is 3.45. The summed E-state index contributed by atoms with van der Waals surface area (Å²) in [6, 6.07) is 6.59. The molecule has 0 radical (unpaired) electrons. The van der Waals surface area contributed by atoms with Gasteiger partial charge in [0.15, 0.2) is 0 Å². The first-order valence-corrected chi connectivity index (χ1v) is 6.34. The minimum Gasteiger partial charge on any atom is -0.330 e. The fourth-order valence-corrected chi connectivity index (χ4v) is 2.39. The van der Waals surface area contributed by atoms with E-state index < -0.39 is 0 Å². The number of imidazole rings is 1. The number of aromatic nitrogens is 2. The van der Waals surface area contributed by atoms with E-state index in [0.29, 0.717) is 5.92 Å². The average molecular weight is 231 g/mol. The zero-order valence-electron chi connectivity index (χ0n) is 10.9. The van der Waals surface area contributed by atoms with Crippen molar-refractivity contribution in [1.82, 2.24) is 9.55 Å². The third kappa shape index (κ3) is 2.20. The molecular formula is C14H21N3. The monoisotopic (exact) mass is 231 g/mol. The highest BCUT2D eigenvalue weighted by molar-refractivity contribution is 5.77. The van der Waals surface area contributed by atoms with Crippen LogP contribution < -0.4 is 5.73 Å². The van der Waals surface area contributed by atoms with Crippen LogP contribution in [0, 0.1) is 6.92 Å². The van der Waals surface area contributed by atoms with Crippen molar-refractivity contribution >= 4 is 11.0 Å². The molecule has 2 N–H and O–H groups in total. The summed E-state index contributed by atoms with van der Waals surface area (Å²) in [6.07, 6.45) is 1.03. The van der Waals surface area contributed by atoms with Crippen LogP contribution in [0.25, 0.3) is 11.0 Å². The van der Waals surface area contributed by atoms with Gasteiger partial charge in [0.05, 0.1) is 11.0 Å². The van der Waals surface area contributed by atoms with E-state index in [9.17, 15) is 0 Å². The van der Waals surface area contributed by atoms with Gasteiger partial charge in [-0.05, 0) is 50.4 Å². The average Bonchev–Trinajstić information content (AvgIpc) is 2.63. The molecule has 0 aliphatic rings. The molecule has 0 saturated heterocycles. The van der Waals surface area contributed by atoms with Crippen LogP contribution in [0.2, 0.25) is 0 Å². The molecule has 17 heavy (non-hydrogen) atoms. The number of fused-ring (bicyclic) bond motifs is 1. The van der Waals surface area contributed by atoms with Gasteiger partial charge in [-0.1, -0.05) is 13.0 Å². The van der Waals surface area contributed by atoms with Crippen molar-refractivity contribution in [2.45, 2.75) is 39.7 Å². The smallest absolute Gasteiger partial charge is 0.106 e. The Morgan fingerprint density at radius 3 is 2.82 bits per heavy atom. The second kappa shape index (κ2) is 4.88. The predicted molar refractivity (Wildman–Crippen MR) is 72.2 cm³/mol. The quantitative estimate of drug-likeness (QED) is 0.879. The minimum absolute atomic E-state index is 0.511. The van der Waals surface area contributed by atoms with E-state index in [1.165, 1.54) is 11.1 Å². The number of hydrogen-bond acceptors (Lipinski definition) is 2. The van der Waals surface area contributed by atoms with Crippen LogP contribution in [0.3, 0.4) is 0 Å². The Morgan fingerprint density at radius 2 is 2.18 bits per heavy atom. The molecule has 3 heteroatoms. The number of rotatable bonds is 4. The van der Waals surface area contributed by atoms with E-state index >= 15 is 0 Å². The van der Waals surface area contributed by atoms with E-state index in [-0.39, 0.29) is 0 Å². The summed E-state index contributed by atoms with van der Waals surface area (Å²) in [6.45, 7) is 8.14. The molecular weight excluding hydrogens is 210 g/mol. The minimum atomic E-state index is 0.511. The third-order valence-corrected chi connectivity index (χ3v) is 3.45. The highest BCUT2D eigenvalue weighted by Gasteiger charge is 2.09. The SMILES string of the molecule is CCn1c(C)nc2cc(C(C)CCN)ccc21. The van der Waals surface area contributed by atoms with Gasteiger partial charge in [0.1, 0.15) is 5.82 Å². The molecule has 3 nitrogen and oxygen atoms in total. The summed E-state index contributed by atoms with van der Waals surface area (Å²) in [5.74, 6) is 1.60. The van der Waals surface area contributed by atoms with Gasteiger partial charge in [-0.15, -0.1) is 0 Å². The Bertz CT molecular complexity index is 513. The van der Waals surface area contributed by atoms with Gasteiger partial charge in [0, 0.05) is 6.54 Å². The van der Waals surface area contributed by atoms with Crippen LogP contribution in [0.1, 0.15) is 37.6 Å². The van der Waals surface area contributed by atoms with E-state index in [4.69, 9.17) is 5.73 Å². The molecule has 2 rings (SSSR count). The van der Waals surface area contributed by atoms with Gasteiger partial charge in [-0.2, -0.15) is 0 Å². The van der Waals surface area contributed by atoms with Gasteiger partial charge < -0.3 is 10.3 Å². The summed E-state index contributed by atoms with van der Waals surface area (Å²) in [7, 11) is 0. The topological polar surface area (TPSA) is 43.8 Å². The summed E-state index contributed by atoms with van der Waals surface area (Å²) >= 11 is 0. The molecule has 1 aromatic heterocycles. The lowest BCUT2D eigenvalue weighted by Crippen LogP contribution is -2.04. The zero-order valence-corrected chi connectivity index (χ0v) is 10.9. The van der Waals surface area contributed by atoms with E-state index in [1.807, 2.05) is 0 Å². The first-order chi connectivity index (χ1) is 8.17. The number of benzene rings is 1. The van der Waals surface area contributed by atoms with Gasteiger partial charge in [0.2, 0.25) is 0 Å². The predicted octanol–water partition coefficient (Wildman–Crippen LogP) is 2.82. The molecule has 0 amide bonds. The Balaban J connectivity index is 2.44. The van der Waals surface area contributed by atoms with E-state index in [0.717, 1.165) is 30.9 Å². The molecule has 2 aromatic rings. The summed E-state index contributed by atoms with van der Waals surface area (Å²) in [4.78, 5) is 4.62. The molecule has 0 aliphatic heterocycles. The fraction of sp³-hybridized carbons (Fsp3) is 0.500. The van der Waals surface area contributed by atoms with Crippen molar-refractivity contribution in [2.75, 3.05) is 6.54 Å². The lowest BCUT2D eigenvalue weighted by molar-refractivity contribution is 0.691. The van der Waals surface area contributed by atoms with E-state index in [2.05, 4.69) is 48.5 Å². The fourth-order valence-electron chi connectivity index (χ4n) is 2.39. The van der Waals surface area contributed by atoms with Gasteiger partial charge in [-0.3, -0.25) is 0 Å². The molecule has 0 bridgehead atoms. The molecule has 0 spiro atoms. The lowest BCUT2D eigenvalue weighted by Gasteiger charge is -2.10. The van der Waals surface area contributed by atoms with Crippen LogP contribution in [0.5, 0.6) is 0 Å². The molecule has 0 fully saturated rings. The maximum Gasteiger partial charge on any atom is 0.106 e. The first-order valence-electron chi connectivity index (χ1n) is 6.34. The molecule has 1 unspecified atom stereocenters. The van der Waals surface area contributed by atoms with Crippen LogP contribution in [0.15, 0.2) is 18.2 Å². The molecule has 92 valence electrons. The summed E-state index contributed by atoms with van der Waals surface area (Å²) in [5.41, 5.74) is 9.28. The maximum atomic E-state index is 5.61. The molecule has 0 aliphatic carbocycles. The highest BCUT2D eigenvalue weighted by atomic mass is 15.1. The Hall–Kier alpha value is -1.35. The molecule has 1 aromatic carbocycles. The normalized spacial score (nSPS) is 13.2. The molecule has 0 saturated carbocycles. The Morgan fingerprint density at radius 1 is 1.41 bits per heavy atom. The van der Waals surface area contributed by atoms with Crippen molar-refractivity contribution in [2.24, 2.45) is 5.73 Å². The van der Waals surface area contributed by atoms with Crippen molar-refractivity contribution in [3.05, 3.63) is 29.6 Å². The van der Waals surface area contributed by atoms with Gasteiger partial charge in [0.25, 0.3) is 0 Å².